The van der Waals surface area contributed by atoms with Crippen LogP contribution < -0.4 is 5.32 Å². The summed E-state index contributed by atoms with van der Waals surface area (Å²) in [6.07, 6.45) is 0.627. The number of nitro groups is 1. The molecule has 1 heterocycles. The Morgan fingerprint density at radius 3 is 2.39 bits per heavy atom. The largest absolute Gasteiger partial charge is 0.329 e. The maximum atomic E-state index is 13.2. The molecule has 2 aromatic carbocycles. The summed E-state index contributed by atoms with van der Waals surface area (Å²) in [4.78, 5) is 38.5. The van der Waals surface area contributed by atoms with Gasteiger partial charge in [0, 0.05) is 35.2 Å². The first-order valence-corrected chi connectivity index (χ1v) is 11.9. The van der Waals surface area contributed by atoms with Crippen LogP contribution in [0.2, 0.25) is 0 Å². The first-order valence-electron chi connectivity index (χ1n) is 11.9. The standard InChI is InChI=1S/C27H33N5O4/c1-7-14-30(26(34)20-13-12-19(3)22(15-20)32(35)36)17-25(33)28-24-16-23(27(4,5)6)29-31(24)21-11-9-8-10-18(21)2/h8-13,15-16H,7,14,17H2,1-6H3,(H,28,33). The van der Waals surface area contributed by atoms with Crippen LogP contribution in [0.5, 0.6) is 0 Å². The number of amides is 2. The predicted octanol–water partition coefficient (Wildman–Crippen LogP) is 5.19. The van der Waals surface area contributed by atoms with E-state index in [0.29, 0.717) is 24.3 Å². The molecule has 0 saturated heterocycles. The molecule has 0 atom stereocenters. The fourth-order valence-electron chi connectivity index (χ4n) is 3.82. The van der Waals surface area contributed by atoms with Crippen molar-refractivity contribution in [2.45, 2.75) is 53.4 Å². The van der Waals surface area contributed by atoms with Gasteiger partial charge < -0.3 is 10.2 Å². The summed E-state index contributed by atoms with van der Waals surface area (Å²) in [5.74, 6) is -0.305. The molecule has 0 aliphatic carbocycles. The highest BCUT2D eigenvalue weighted by Crippen LogP contribution is 2.27. The van der Waals surface area contributed by atoms with Crippen LogP contribution in [0.15, 0.2) is 48.5 Å². The van der Waals surface area contributed by atoms with Gasteiger partial charge in [-0.1, -0.05) is 52.0 Å². The molecule has 0 aliphatic rings. The second-order valence-electron chi connectivity index (χ2n) is 9.90. The minimum atomic E-state index is -0.511. The van der Waals surface area contributed by atoms with E-state index in [2.05, 4.69) is 5.32 Å². The molecular weight excluding hydrogens is 458 g/mol. The van der Waals surface area contributed by atoms with Crippen LogP contribution in [-0.2, 0) is 10.2 Å². The lowest BCUT2D eigenvalue weighted by Crippen LogP contribution is -2.38. The number of aromatic nitrogens is 2. The summed E-state index contributed by atoms with van der Waals surface area (Å²) in [6.45, 7) is 11.8. The average Bonchev–Trinajstić information content (AvgIpc) is 3.22. The van der Waals surface area contributed by atoms with Gasteiger partial charge in [0.05, 0.1) is 16.3 Å². The highest BCUT2D eigenvalue weighted by Gasteiger charge is 2.24. The lowest BCUT2D eigenvalue weighted by molar-refractivity contribution is -0.385. The number of nitro benzene ring substituents is 1. The molecule has 9 heteroatoms. The third-order valence-corrected chi connectivity index (χ3v) is 5.86. The third kappa shape index (κ3) is 5.97. The Morgan fingerprint density at radius 2 is 1.78 bits per heavy atom. The van der Waals surface area contributed by atoms with E-state index in [0.717, 1.165) is 16.9 Å². The van der Waals surface area contributed by atoms with Crippen LogP contribution in [0.1, 0.15) is 61.3 Å². The molecule has 2 amide bonds. The number of hydrogen-bond acceptors (Lipinski definition) is 5. The Hall–Kier alpha value is -4.01. The Morgan fingerprint density at radius 1 is 1.08 bits per heavy atom. The Balaban J connectivity index is 1.88. The molecule has 9 nitrogen and oxygen atoms in total. The van der Waals surface area contributed by atoms with Crippen molar-refractivity contribution in [2.24, 2.45) is 0 Å². The number of para-hydroxylation sites is 1. The minimum absolute atomic E-state index is 0.126. The number of hydrogen-bond donors (Lipinski definition) is 1. The Kier molecular flexibility index (Phi) is 7.92. The monoisotopic (exact) mass is 491 g/mol. The van der Waals surface area contributed by atoms with Crippen LogP contribution in [0.4, 0.5) is 11.5 Å². The molecule has 0 fully saturated rings. The molecule has 0 aliphatic heterocycles. The molecule has 1 aromatic heterocycles. The Bertz CT molecular complexity index is 1290. The van der Waals surface area contributed by atoms with E-state index in [1.807, 2.05) is 65.0 Å². The van der Waals surface area contributed by atoms with Gasteiger partial charge in [0.25, 0.3) is 11.6 Å². The second kappa shape index (κ2) is 10.7. The van der Waals surface area contributed by atoms with Crippen LogP contribution in [0, 0.1) is 24.0 Å². The van der Waals surface area contributed by atoms with Gasteiger partial charge in [-0.3, -0.25) is 19.7 Å². The molecule has 190 valence electrons. The number of rotatable bonds is 8. The summed E-state index contributed by atoms with van der Waals surface area (Å²) < 4.78 is 1.71. The van der Waals surface area contributed by atoms with E-state index >= 15 is 0 Å². The SMILES string of the molecule is CCCN(CC(=O)Nc1cc(C(C)(C)C)nn1-c1ccccc1C)C(=O)c1ccc(C)c([N+](=O)[O-])c1. The number of nitrogens with zero attached hydrogens (tertiary/aromatic N) is 4. The van der Waals surface area contributed by atoms with Crippen LogP contribution in [0.3, 0.4) is 0 Å². The van der Waals surface area contributed by atoms with Gasteiger partial charge in [0.1, 0.15) is 12.4 Å². The highest BCUT2D eigenvalue weighted by atomic mass is 16.6. The quantitative estimate of drug-likeness (QED) is 0.345. The van der Waals surface area contributed by atoms with E-state index in [1.165, 1.54) is 11.0 Å². The number of anilines is 1. The van der Waals surface area contributed by atoms with Gasteiger partial charge in [-0.25, -0.2) is 4.68 Å². The summed E-state index contributed by atoms with van der Waals surface area (Å²) in [6, 6.07) is 14.0. The van der Waals surface area contributed by atoms with Gasteiger partial charge in [-0.15, -0.1) is 0 Å². The van der Waals surface area contributed by atoms with Crippen molar-refractivity contribution in [2.75, 3.05) is 18.4 Å². The van der Waals surface area contributed by atoms with Gasteiger partial charge >= 0.3 is 0 Å². The molecule has 0 saturated carbocycles. The number of carbonyl (C=O) groups excluding carboxylic acids is 2. The number of benzene rings is 2. The lowest BCUT2D eigenvalue weighted by Gasteiger charge is -2.22. The van der Waals surface area contributed by atoms with E-state index in [9.17, 15) is 19.7 Å². The summed E-state index contributed by atoms with van der Waals surface area (Å²) in [5.41, 5.74) is 2.94. The zero-order valence-electron chi connectivity index (χ0n) is 21.7. The average molecular weight is 492 g/mol. The van der Waals surface area contributed by atoms with Crippen molar-refractivity contribution in [3.8, 4) is 5.69 Å². The molecule has 1 N–H and O–H groups in total. The van der Waals surface area contributed by atoms with Gasteiger partial charge in [0.2, 0.25) is 5.91 Å². The smallest absolute Gasteiger partial charge is 0.273 e. The van der Waals surface area contributed by atoms with Crippen LogP contribution >= 0.6 is 0 Å². The first kappa shape index (κ1) is 26.6. The topological polar surface area (TPSA) is 110 Å². The third-order valence-electron chi connectivity index (χ3n) is 5.86. The van der Waals surface area contributed by atoms with E-state index in [4.69, 9.17) is 5.10 Å². The fourth-order valence-corrected chi connectivity index (χ4v) is 3.82. The lowest BCUT2D eigenvalue weighted by atomic mass is 9.92. The van der Waals surface area contributed by atoms with Crippen LogP contribution in [-0.4, -0.2) is 44.5 Å². The van der Waals surface area contributed by atoms with Crippen molar-refractivity contribution in [1.82, 2.24) is 14.7 Å². The van der Waals surface area contributed by atoms with Crippen LogP contribution in [0.25, 0.3) is 5.69 Å². The number of nitrogens with one attached hydrogen (secondary N) is 1. The van der Waals surface area contributed by atoms with Crippen molar-refractivity contribution in [1.29, 1.82) is 0 Å². The predicted molar refractivity (Wildman–Crippen MR) is 140 cm³/mol. The second-order valence-corrected chi connectivity index (χ2v) is 9.90. The maximum absolute atomic E-state index is 13.2. The van der Waals surface area contributed by atoms with Gasteiger partial charge in [0.15, 0.2) is 0 Å². The van der Waals surface area contributed by atoms with Crippen molar-refractivity contribution in [3.05, 3.63) is 81.0 Å². The first-order chi connectivity index (χ1) is 16.9. The van der Waals surface area contributed by atoms with Crippen molar-refractivity contribution in [3.63, 3.8) is 0 Å². The summed E-state index contributed by atoms with van der Waals surface area (Å²) in [7, 11) is 0. The molecule has 0 spiro atoms. The van der Waals surface area contributed by atoms with E-state index in [-0.39, 0.29) is 29.1 Å². The molecule has 3 rings (SSSR count). The Labute approximate surface area is 211 Å². The van der Waals surface area contributed by atoms with Gasteiger partial charge in [-0.2, -0.15) is 5.10 Å². The van der Waals surface area contributed by atoms with Crippen molar-refractivity contribution >= 4 is 23.3 Å². The fraction of sp³-hybridized carbons (Fsp3) is 0.370. The van der Waals surface area contributed by atoms with Crippen molar-refractivity contribution < 1.29 is 14.5 Å². The summed E-state index contributed by atoms with van der Waals surface area (Å²) >= 11 is 0. The zero-order chi connectivity index (χ0) is 26.6. The maximum Gasteiger partial charge on any atom is 0.273 e. The summed E-state index contributed by atoms with van der Waals surface area (Å²) in [5, 5.41) is 19.0. The molecular formula is C27H33N5O4. The normalized spacial score (nSPS) is 11.3. The number of carbonyl (C=O) groups is 2. The molecule has 0 bridgehead atoms. The van der Waals surface area contributed by atoms with E-state index < -0.39 is 10.8 Å². The number of aryl methyl sites for hydroxylation is 2. The van der Waals surface area contributed by atoms with E-state index in [1.54, 1.807) is 23.7 Å². The molecule has 36 heavy (non-hydrogen) atoms. The van der Waals surface area contributed by atoms with Gasteiger partial charge in [-0.05, 0) is 38.0 Å². The molecule has 0 unspecified atom stereocenters. The molecule has 3 aromatic rings. The minimum Gasteiger partial charge on any atom is -0.329 e. The molecule has 0 radical (unpaired) electrons. The zero-order valence-corrected chi connectivity index (χ0v) is 21.7. The highest BCUT2D eigenvalue weighted by molar-refractivity contribution is 5.99.